The molecule has 0 atom stereocenters. The number of aryl methyl sites for hydroxylation is 1. The van der Waals surface area contributed by atoms with Crippen molar-refractivity contribution in [2.75, 3.05) is 19.0 Å². The van der Waals surface area contributed by atoms with E-state index < -0.39 is 5.97 Å². The Bertz CT molecular complexity index is 1060. The van der Waals surface area contributed by atoms with Crippen LogP contribution < -0.4 is 10.1 Å². The first kappa shape index (κ1) is 19.9. The average molecular weight is 387 g/mol. The molecule has 0 radical (unpaired) electrons. The number of rotatable bonds is 3. The molecule has 1 aliphatic rings. The second-order valence-corrected chi connectivity index (χ2v) is 6.41. The Morgan fingerprint density at radius 2 is 2.07 bits per heavy atom. The zero-order valence-corrected chi connectivity index (χ0v) is 16.1. The summed E-state index contributed by atoms with van der Waals surface area (Å²) < 4.78 is 5.68. The van der Waals surface area contributed by atoms with Crippen molar-refractivity contribution in [3.05, 3.63) is 77.6 Å². The Morgan fingerprint density at radius 1 is 1.24 bits per heavy atom. The Labute approximate surface area is 169 Å². The molecule has 0 aliphatic carbocycles. The largest absolute Gasteiger partial charge is 0.493 e. The first-order valence-electron chi connectivity index (χ1n) is 9.24. The van der Waals surface area contributed by atoms with E-state index in [1.165, 1.54) is 24.0 Å². The molecule has 2 heterocycles. The number of anilines is 1. The van der Waals surface area contributed by atoms with E-state index >= 15 is 0 Å². The fourth-order valence-electron chi connectivity index (χ4n) is 3.12. The van der Waals surface area contributed by atoms with Gasteiger partial charge in [0.2, 0.25) is 0 Å². The third-order valence-corrected chi connectivity index (χ3v) is 4.59. The SMILES string of the molecule is CNc1cnccc1C(=O)O.N#Cc1ccccc1-c1ccc2c(c1)OCCC2. The number of benzene rings is 2. The molecule has 146 valence electrons. The highest BCUT2D eigenvalue weighted by Crippen LogP contribution is 2.31. The number of aromatic carboxylic acids is 1. The predicted molar refractivity (Wildman–Crippen MR) is 111 cm³/mol. The minimum Gasteiger partial charge on any atom is -0.493 e. The number of pyridine rings is 1. The highest BCUT2D eigenvalue weighted by molar-refractivity contribution is 5.93. The van der Waals surface area contributed by atoms with Crippen molar-refractivity contribution in [3.8, 4) is 22.9 Å². The molecule has 2 aromatic carbocycles. The van der Waals surface area contributed by atoms with Gasteiger partial charge in [0.15, 0.2) is 0 Å². The van der Waals surface area contributed by atoms with Gasteiger partial charge >= 0.3 is 5.97 Å². The van der Waals surface area contributed by atoms with Crippen molar-refractivity contribution in [3.63, 3.8) is 0 Å². The predicted octanol–water partition coefficient (Wildman–Crippen LogP) is 4.37. The van der Waals surface area contributed by atoms with Crippen molar-refractivity contribution >= 4 is 11.7 Å². The Hall–Kier alpha value is -3.85. The summed E-state index contributed by atoms with van der Waals surface area (Å²) in [7, 11) is 1.66. The average Bonchev–Trinajstić information content (AvgIpc) is 2.79. The number of ether oxygens (including phenoxy) is 1. The minimum absolute atomic E-state index is 0.238. The molecule has 0 amide bonds. The molecule has 6 nitrogen and oxygen atoms in total. The zero-order chi connectivity index (χ0) is 20.6. The number of nitrogens with zero attached hydrogens (tertiary/aromatic N) is 2. The molecule has 6 heteroatoms. The molecule has 2 N–H and O–H groups in total. The summed E-state index contributed by atoms with van der Waals surface area (Å²) in [4.78, 5) is 14.3. The lowest BCUT2D eigenvalue weighted by Crippen LogP contribution is -2.08. The highest BCUT2D eigenvalue weighted by atomic mass is 16.5. The van der Waals surface area contributed by atoms with Crippen molar-refractivity contribution in [2.45, 2.75) is 12.8 Å². The van der Waals surface area contributed by atoms with E-state index in [-0.39, 0.29) is 5.56 Å². The Balaban J connectivity index is 0.000000188. The molecular weight excluding hydrogens is 366 g/mol. The van der Waals surface area contributed by atoms with E-state index in [0.717, 1.165) is 36.3 Å². The quantitative estimate of drug-likeness (QED) is 0.693. The number of fused-ring (bicyclic) bond motifs is 1. The molecule has 0 saturated heterocycles. The second-order valence-electron chi connectivity index (χ2n) is 6.41. The first-order chi connectivity index (χ1) is 14.1. The van der Waals surface area contributed by atoms with Gasteiger partial charge in [-0.05, 0) is 47.7 Å². The van der Waals surface area contributed by atoms with Crippen LogP contribution in [0.25, 0.3) is 11.1 Å². The molecule has 29 heavy (non-hydrogen) atoms. The number of carboxylic acid groups (broad SMARTS) is 1. The Kier molecular flexibility index (Phi) is 6.43. The molecular formula is C23H21N3O3. The number of hydrogen-bond acceptors (Lipinski definition) is 5. The van der Waals surface area contributed by atoms with Crippen LogP contribution in [-0.2, 0) is 6.42 Å². The fourth-order valence-corrected chi connectivity index (χ4v) is 3.12. The second kappa shape index (κ2) is 9.38. The summed E-state index contributed by atoms with van der Waals surface area (Å²) in [5.41, 5.74) is 4.75. The molecule has 1 aliphatic heterocycles. The smallest absolute Gasteiger partial charge is 0.337 e. The lowest BCUT2D eigenvalue weighted by molar-refractivity contribution is 0.0698. The van der Waals surface area contributed by atoms with Crippen LogP contribution in [0.15, 0.2) is 60.9 Å². The zero-order valence-electron chi connectivity index (χ0n) is 16.1. The van der Waals surface area contributed by atoms with Crippen LogP contribution in [0.1, 0.15) is 27.9 Å². The van der Waals surface area contributed by atoms with Crippen LogP contribution in [0.2, 0.25) is 0 Å². The van der Waals surface area contributed by atoms with Crippen LogP contribution >= 0.6 is 0 Å². The summed E-state index contributed by atoms with van der Waals surface area (Å²) in [6.07, 6.45) is 5.09. The van der Waals surface area contributed by atoms with Crippen molar-refractivity contribution < 1.29 is 14.6 Å². The van der Waals surface area contributed by atoms with Crippen molar-refractivity contribution in [2.24, 2.45) is 0 Å². The van der Waals surface area contributed by atoms with E-state index in [4.69, 9.17) is 15.1 Å². The van der Waals surface area contributed by atoms with Gasteiger partial charge in [-0.1, -0.05) is 30.3 Å². The maximum Gasteiger partial charge on any atom is 0.337 e. The Morgan fingerprint density at radius 3 is 2.79 bits per heavy atom. The van der Waals surface area contributed by atoms with Crippen LogP contribution in [0.5, 0.6) is 5.75 Å². The van der Waals surface area contributed by atoms with E-state index in [9.17, 15) is 4.79 Å². The summed E-state index contributed by atoms with van der Waals surface area (Å²) in [6.45, 7) is 0.788. The normalized spacial score (nSPS) is 11.7. The van der Waals surface area contributed by atoms with Gasteiger partial charge in [-0.2, -0.15) is 5.26 Å². The van der Waals surface area contributed by atoms with Crippen LogP contribution in [-0.4, -0.2) is 29.7 Å². The molecule has 3 aromatic rings. The molecule has 0 saturated carbocycles. The summed E-state index contributed by atoms with van der Waals surface area (Å²) in [5.74, 6) is 0.0169. The highest BCUT2D eigenvalue weighted by Gasteiger charge is 2.12. The van der Waals surface area contributed by atoms with Crippen molar-refractivity contribution in [1.82, 2.24) is 4.98 Å². The monoisotopic (exact) mass is 387 g/mol. The first-order valence-corrected chi connectivity index (χ1v) is 9.24. The van der Waals surface area contributed by atoms with Gasteiger partial charge in [-0.25, -0.2) is 4.79 Å². The van der Waals surface area contributed by atoms with E-state index in [2.05, 4.69) is 28.5 Å². The summed E-state index contributed by atoms with van der Waals surface area (Å²) in [6, 6.07) is 17.6. The minimum atomic E-state index is -0.947. The van der Waals surface area contributed by atoms with Gasteiger partial charge in [-0.3, -0.25) is 4.98 Å². The number of carboxylic acids is 1. The molecule has 0 bridgehead atoms. The summed E-state index contributed by atoms with van der Waals surface area (Å²) in [5, 5.41) is 20.5. The number of carbonyl (C=O) groups is 1. The van der Waals surface area contributed by atoms with E-state index in [0.29, 0.717) is 11.3 Å². The summed E-state index contributed by atoms with van der Waals surface area (Å²) >= 11 is 0. The number of hydrogen-bond donors (Lipinski definition) is 2. The van der Waals surface area contributed by atoms with Gasteiger partial charge in [0, 0.05) is 13.2 Å². The molecule has 0 unspecified atom stereocenters. The van der Waals surface area contributed by atoms with Crippen molar-refractivity contribution in [1.29, 1.82) is 5.26 Å². The standard InChI is InChI=1S/C16H13NO.C7H8N2O2/c17-11-14-4-1-2-6-15(14)13-8-7-12-5-3-9-18-16(12)10-13;1-8-6-4-9-3-2-5(6)7(10)11/h1-2,4,6-8,10H,3,5,9H2;2-4,8H,1H3,(H,10,11). The lowest BCUT2D eigenvalue weighted by Gasteiger charge is -2.18. The molecule has 0 fully saturated rings. The number of aromatic nitrogens is 1. The van der Waals surface area contributed by atoms with E-state index in [1.807, 2.05) is 30.3 Å². The molecule has 0 spiro atoms. The topological polar surface area (TPSA) is 95.2 Å². The maximum atomic E-state index is 10.5. The van der Waals surface area contributed by atoms with E-state index in [1.54, 1.807) is 7.05 Å². The third-order valence-electron chi connectivity index (χ3n) is 4.59. The van der Waals surface area contributed by atoms with Gasteiger partial charge < -0.3 is 15.2 Å². The van der Waals surface area contributed by atoms with Crippen LogP contribution in [0.4, 0.5) is 5.69 Å². The number of nitrogens with one attached hydrogen (secondary N) is 1. The number of nitriles is 1. The third kappa shape index (κ3) is 4.71. The fraction of sp³-hybridized carbons (Fsp3) is 0.174. The van der Waals surface area contributed by atoms with Gasteiger partial charge in [-0.15, -0.1) is 0 Å². The molecule has 1 aromatic heterocycles. The lowest BCUT2D eigenvalue weighted by atomic mass is 9.97. The molecule has 4 rings (SSSR count). The van der Waals surface area contributed by atoms with Crippen LogP contribution in [0.3, 0.4) is 0 Å². The van der Waals surface area contributed by atoms with Gasteiger partial charge in [0.05, 0.1) is 35.7 Å². The van der Waals surface area contributed by atoms with Gasteiger partial charge in [0.25, 0.3) is 0 Å². The van der Waals surface area contributed by atoms with Crippen LogP contribution in [0, 0.1) is 11.3 Å². The van der Waals surface area contributed by atoms with Gasteiger partial charge in [0.1, 0.15) is 5.75 Å². The maximum absolute atomic E-state index is 10.5.